The Kier molecular flexibility index (Phi) is 4.67. The number of amides is 2. The molecule has 2 amide bonds. The molecule has 0 aliphatic rings. The van der Waals surface area contributed by atoms with Crippen molar-refractivity contribution in [1.29, 1.82) is 0 Å². The van der Waals surface area contributed by atoms with Crippen LogP contribution in [0.4, 0.5) is 20.6 Å². The predicted octanol–water partition coefficient (Wildman–Crippen LogP) is 2.31. The van der Waals surface area contributed by atoms with E-state index in [9.17, 15) is 9.18 Å². The van der Waals surface area contributed by atoms with Gasteiger partial charge in [-0.25, -0.2) is 9.18 Å². The summed E-state index contributed by atoms with van der Waals surface area (Å²) in [5, 5.41) is 9.20. The first-order valence-electron chi connectivity index (χ1n) is 6.02. The second-order valence-electron chi connectivity index (χ2n) is 4.07. The number of carbonyl (C=O) groups excluding carboxylic acids is 1. The van der Waals surface area contributed by atoms with Gasteiger partial charge >= 0.3 is 6.03 Å². The van der Waals surface area contributed by atoms with E-state index in [1.54, 1.807) is 24.1 Å². The number of hydrogen-bond acceptors (Lipinski definition) is 3. The van der Waals surface area contributed by atoms with Gasteiger partial charge in [0.05, 0.1) is 25.0 Å². The maximum atomic E-state index is 13.0. The molecule has 0 bridgehead atoms. The Labute approximate surface area is 115 Å². The Balaban J connectivity index is 1.89. The van der Waals surface area contributed by atoms with Gasteiger partial charge < -0.3 is 15.4 Å². The topological polar surface area (TPSA) is 68.2 Å². The van der Waals surface area contributed by atoms with E-state index in [0.29, 0.717) is 24.5 Å². The number of urea groups is 1. The molecular formula is C13H15FN4O2. The van der Waals surface area contributed by atoms with E-state index in [1.165, 1.54) is 24.4 Å². The average molecular weight is 278 g/mol. The molecule has 6 nitrogen and oxygen atoms in total. The van der Waals surface area contributed by atoms with Crippen LogP contribution in [-0.2, 0) is 11.3 Å². The van der Waals surface area contributed by atoms with E-state index in [0.717, 1.165) is 0 Å². The molecule has 0 atom stereocenters. The lowest BCUT2D eigenvalue weighted by molar-refractivity contribution is 0.183. The SMILES string of the molecule is COCCn1cc(NC(=O)Nc2cccc(F)c2)cn1. The number of halogens is 1. The number of aromatic nitrogens is 2. The smallest absolute Gasteiger partial charge is 0.323 e. The summed E-state index contributed by atoms with van der Waals surface area (Å²) < 4.78 is 19.6. The van der Waals surface area contributed by atoms with Gasteiger partial charge in [0, 0.05) is 19.0 Å². The highest BCUT2D eigenvalue weighted by atomic mass is 19.1. The van der Waals surface area contributed by atoms with Crippen molar-refractivity contribution in [2.75, 3.05) is 24.4 Å². The van der Waals surface area contributed by atoms with Crippen molar-refractivity contribution < 1.29 is 13.9 Å². The number of hydrogen-bond donors (Lipinski definition) is 2. The van der Waals surface area contributed by atoms with Crippen LogP contribution in [-0.4, -0.2) is 29.5 Å². The summed E-state index contributed by atoms with van der Waals surface area (Å²) in [5.41, 5.74) is 0.935. The number of nitrogens with zero attached hydrogens (tertiary/aromatic N) is 2. The van der Waals surface area contributed by atoms with Gasteiger partial charge in [0.25, 0.3) is 0 Å². The van der Waals surface area contributed by atoms with Crippen molar-refractivity contribution in [2.24, 2.45) is 0 Å². The standard InChI is InChI=1S/C13H15FN4O2/c1-20-6-5-18-9-12(8-15-18)17-13(19)16-11-4-2-3-10(14)7-11/h2-4,7-9H,5-6H2,1H3,(H2,16,17,19). The van der Waals surface area contributed by atoms with Crippen molar-refractivity contribution in [3.8, 4) is 0 Å². The minimum atomic E-state index is -0.457. The Hall–Kier alpha value is -2.41. The summed E-state index contributed by atoms with van der Waals surface area (Å²) in [6.45, 7) is 1.14. The molecule has 2 N–H and O–H groups in total. The molecule has 0 saturated carbocycles. The van der Waals surface area contributed by atoms with Gasteiger partial charge in [-0.2, -0.15) is 5.10 Å². The number of rotatable bonds is 5. The Morgan fingerprint density at radius 3 is 2.95 bits per heavy atom. The maximum absolute atomic E-state index is 13.0. The van der Waals surface area contributed by atoms with Crippen molar-refractivity contribution in [3.05, 3.63) is 42.5 Å². The first-order valence-corrected chi connectivity index (χ1v) is 6.02. The van der Waals surface area contributed by atoms with Gasteiger partial charge in [-0.3, -0.25) is 4.68 Å². The van der Waals surface area contributed by atoms with Gasteiger partial charge in [0.2, 0.25) is 0 Å². The molecule has 1 aromatic heterocycles. The molecule has 20 heavy (non-hydrogen) atoms. The molecule has 0 aliphatic carbocycles. The van der Waals surface area contributed by atoms with E-state index in [1.807, 2.05) is 0 Å². The Morgan fingerprint density at radius 1 is 1.40 bits per heavy atom. The lowest BCUT2D eigenvalue weighted by atomic mass is 10.3. The van der Waals surface area contributed by atoms with Gasteiger partial charge in [0.1, 0.15) is 5.82 Å². The van der Waals surface area contributed by atoms with E-state index in [4.69, 9.17) is 4.74 Å². The zero-order chi connectivity index (χ0) is 14.4. The summed E-state index contributed by atoms with van der Waals surface area (Å²) in [4.78, 5) is 11.7. The maximum Gasteiger partial charge on any atom is 0.323 e. The molecule has 106 valence electrons. The minimum absolute atomic E-state index is 0.384. The molecule has 0 aliphatic heterocycles. The molecular weight excluding hydrogens is 263 g/mol. The summed E-state index contributed by atoms with van der Waals surface area (Å²) in [6.07, 6.45) is 3.21. The van der Waals surface area contributed by atoms with E-state index < -0.39 is 11.8 Å². The fourth-order valence-corrected chi connectivity index (χ4v) is 1.59. The van der Waals surface area contributed by atoms with Gasteiger partial charge in [-0.15, -0.1) is 0 Å². The third kappa shape index (κ3) is 4.06. The monoisotopic (exact) mass is 278 g/mol. The van der Waals surface area contributed by atoms with Gasteiger partial charge in [-0.1, -0.05) is 6.07 Å². The normalized spacial score (nSPS) is 10.3. The molecule has 1 aromatic carbocycles. The fourth-order valence-electron chi connectivity index (χ4n) is 1.59. The number of nitrogens with one attached hydrogen (secondary N) is 2. The van der Waals surface area contributed by atoms with Crippen molar-refractivity contribution in [1.82, 2.24) is 9.78 Å². The zero-order valence-electron chi connectivity index (χ0n) is 11.0. The van der Waals surface area contributed by atoms with Crippen molar-refractivity contribution in [2.45, 2.75) is 6.54 Å². The highest BCUT2D eigenvalue weighted by Crippen LogP contribution is 2.10. The number of ether oxygens (including phenoxy) is 1. The zero-order valence-corrected chi connectivity index (χ0v) is 11.0. The molecule has 0 fully saturated rings. The quantitative estimate of drug-likeness (QED) is 0.882. The second kappa shape index (κ2) is 6.67. The molecule has 1 heterocycles. The highest BCUT2D eigenvalue weighted by Gasteiger charge is 2.05. The Bertz CT molecular complexity index is 585. The second-order valence-corrected chi connectivity index (χ2v) is 4.07. The van der Waals surface area contributed by atoms with Crippen molar-refractivity contribution >= 4 is 17.4 Å². The van der Waals surface area contributed by atoms with Crippen LogP contribution in [0.25, 0.3) is 0 Å². The fraction of sp³-hybridized carbons (Fsp3) is 0.231. The van der Waals surface area contributed by atoms with Crippen molar-refractivity contribution in [3.63, 3.8) is 0 Å². The van der Waals surface area contributed by atoms with Crippen LogP contribution in [0.15, 0.2) is 36.7 Å². The molecule has 0 radical (unpaired) electrons. The first-order chi connectivity index (χ1) is 9.67. The summed E-state index contributed by atoms with van der Waals surface area (Å²) in [6, 6.07) is 5.21. The van der Waals surface area contributed by atoms with Crippen LogP contribution in [0.5, 0.6) is 0 Å². The third-order valence-electron chi connectivity index (χ3n) is 2.50. The van der Waals surface area contributed by atoms with Crippen LogP contribution in [0.1, 0.15) is 0 Å². The lowest BCUT2D eigenvalue weighted by Crippen LogP contribution is -2.19. The van der Waals surface area contributed by atoms with Crippen LogP contribution in [0.3, 0.4) is 0 Å². The predicted molar refractivity (Wildman–Crippen MR) is 73.1 cm³/mol. The molecule has 2 aromatic rings. The summed E-state index contributed by atoms with van der Waals surface area (Å²) in [5.74, 6) is -0.407. The first kappa shape index (κ1) is 14.0. The largest absolute Gasteiger partial charge is 0.383 e. The molecule has 0 saturated heterocycles. The van der Waals surface area contributed by atoms with Gasteiger partial charge in [0.15, 0.2) is 0 Å². The average Bonchev–Trinajstić information content (AvgIpc) is 2.83. The number of anilines is 2. The van der Waals surface area contributed by atoms with E-state index in [2.05, 4.69) is 15.7 Å². The van der Waals surface area contributed by atoms with Crippen LogP contribution < -0.4 is 10.6 Å². The molecule has 0 spiro atoms. The highest BCUT2D eigenvalue weighted by molar-refractivity contribution is 5.99. The lowest BCUT2D eigenvalue weighted by Gasteiger charge is -2.05. The van der Waals surface area contributed by atoms with E-state index in [-0.39, 0.29) is 0 Å². The molecule has 2 rings (SSSR count). The number of carbonyl (C=O) groups is 1. The van der Waals surface area contributed by atoms with Crippen LogP contribution in [0.2, 0.25) is 0 Å². The molecule has 7 heteroatoms. The third-order valence-corrected chi connectivity index (χ3v) is 2.50. The number of methoxy groups -OCH3 is 1. The van der Waals surface area contributed by atoms with Gasteiger partial charge in [-0.05, 0) is 18.2 Å². The Morgan fingerprint density at radius 2 is 2.20 bits per heavy atom. The summed E-state index contributed by atoms with van der Waals surface area (Å²) in [7, 11) is 1.61. The van der Waals surface area contributed by atoms with Crippen LogP contribution >= 0.6 is 0 Å². The van der Waals surface area contributed by atoms with E-state index >= 15 is 0 Å². The molecule has 0 unspecified atom stereocenters. The van der Waals surface area contributed by atoms with Crippen LogP contribution in [0, 0.1) is 5.82 Å². The minimum Gasteiger partial charge on any atom is -0.383 e. The summed E-state index contributed by atoms with van der Waals surface area (Å²) >= 11 is 0. The number of benzene rings is 1.